The fraction of sp³-hybridized carbons (Fsp3) is 0.467. The molecule has 0 saturated carbocycles. The topological polar surface area (TPSA) is 46.2 Å². The minimum Gasteiger partial charge on any atom is -0.395 e. The van der Waals surface area contributed by atoms with Crippen LogP contribution in [-0.2, 0) is 11.8 Å². The number of benzene rings is 1. The molecule has 0 amide bonds. The van der Waals surface area contributed by atoms with E-state index in [0.29, 0.717) is 6.54 Å². The van der Waals surface area contributed by atoms with Crippen molar-refractivity contribution in [2.75, 3.05) is 13.2 Å². The van der Waals surface area contributed by atoms with E-state index in [2.05, 4.69) is 31.2 Å². The Labute approximate surface area is 104 Å². The van der Waals surface area contributed by atoms with E-state index in [0.717, 1.165) is 12.8 Å². The molecule has 1 aliphatic rings. The number of hydrogen-bond donors (Lipinski definition) is 2. The molecule has 0 bridgehead atoms. The third kappa shape index (κ3) is 2.96. The number of nitrogens with two attached hydrogens (primary N) is 1. The average molecular weight is 233 g/mol. The normalized spacial score (nSPS) is 21.4. The van der Waals surface area contributed by atoms with Gasteiger partial charge in [-0.25, -0.2) is 0 Å². The first-order valence-electron chi connectivity index (χ1n) is 6.24. The van der Waals surface area contributed by atoms with Crippen LogP contribution in [0.3, 0.4) is 0 Å². The van der Waals surface area contributed by atoms with Gasteiger partial charge in [0.1, 0.15) is 0 Å². The Morgan fingerprint density at radius 1 is 1.41 bits per heavy atom. The summed E-state index contributed by atoms with van der Waals surface area (Å²) in [5.74, 6) is 0. The first-order chi connectivity index (χ1) is 8.24. The molecule has 1 atom stereocenters. The van der Waals surface area contributed by atoms with E-state index in [1.54, 1.807) is 0 Å². The Morgan fingerprint density at radius 3 is 2.53 bits per heavy atom. The summed E-state index contributed by atoms with van der Waals surface area (Å²) < 4.78 is 0. The van der Waals surface area contributed by atoms with Gasteiger partial charge in [-0.2, -0.15) is 0 Å². The van der Waals surface area contributed by atoms with E-state index in [1.165, 1.54) is 11.1 Å². The second kappa shape index (κ2) is 6.58. The molecule has 1 aromatic carbocycles. The molecule has 1 aromatic rings. The largest absolute Gasteiger partial charge is 0.395 e. The maximum atomic E-state index is 9.20. The molecule has 2 rings (SSSR count). The van der Waals surface area contributed by atoms with Crippen molar-refractivity contribution in [3.8, 4) is 0 Å². The third-order valence-corrected chi connectivity index (χ3v) is 3.28. The number of fused-ring (bicyclic) bond motifs is 1. The van der Waals surface area contributed by atoms with Crippen molar-refractivity contribution < 1.29 is 5.11 Å². The van der Waals surface area contributed by atoms with E-state index in [4.69, 9.17) is 5.73 Å². The first kappa shape index (κ1) is 13.9. The van der Waals surface area contributed by atoms with Crippen LogP contribution in [0.1, 0.15) is 31.4 Å². The van der Waals surface area contributed by atoms with Crippen molar-refractivity contribution in [2.24, 2.45) is 5.73 Å². The number of rotatable bonds is 3. The summed E-state index contributed by atoms with van der Waals surface area (Å²) in [5.41, 5.74) is 8.07. The summed E-state index contributed by atoms with van der Waals surface area (Å²) in [6.07, 6.45) is 6.27. The van der Waals surface area contributed by atoms with Gasteiger partial charge in [0.25, 0.3) is 0 Å². The van der Waals surface area contributed by atoms with Crippen LogP contribution < -0.4 is 5.73 Å². The van der Waals surface area contributed by atoms with Gasteiger partial charge in [0.2, 0.25) is 0 Å². The third-order valence-electron chi connectivity index (χ3n) is 3.28. The molecule has 2 heteroatoms. The van der Waals surface area contributed by atoms with E-state index >= 15 is 0 Å². The van der Waals surface area contributed by atoms with E-state index in [1.807, 2.05) is 19.1 Å². The lowest BCUT2D eigenvalue weighted by molar-refractivity contribution is 0.177. The predicted molar refractivity (Wildman–Crippen MR) is 73.1 cm³/mol. The molecule has 0 spiro atoms. The molecule has 2 nitrogen and oxygen atoms in total. The standard InChI is InChI=1S/C10H13NO.C5H10/c11-6-10(7-12)5-8-3-1-2-4-9(8)10;1-3-5-4-2/h1-4,12H,5-7,11H2;3,5H,4H2,1-2H3/b;5-3-. The summed E-state index contributed by atoms with van der Waals surface area (Å²) in [6.45, 7) is 4.87. The molecule has 0 aliphatic heterocycles. The average Bonchev–Trinajstić information content (AvgIpc) is 2.34. The van der Waals surface area contributed by atoms with E-state index in [-0.39, 0.29) is 12.0 Å². The van der Waals surface area contributed by atoms with Crippen molar-refractivity contribution in [3.05, 3.63) is 47.5 Å². The van der Waals surface area contributed by atoms with Gasteiger partial charge in [-0.15, -0.1) is 0 Å². The zero-order chi connectivity index (χ0) is 12.7. The van der Waals surface area contributed by atoms with Gasteiger partial charge < -0.3 is 10.8 Å². The molecule has 0 saturated heterocycles. The Hall–Kier alpha value is -1.12. The second-order valence-corrected chi connectivity index (χ2v) is 4.45. The number of hydrogen-bond acceptors (Lipinski definition) is 2. The molecule has 17 heavy (non-hydrogen) atoms. The fourth-order valence-electron chi connectivity index (χ4n) is 2.17. The summed E-state index contributed by atoms with van der Waals surface area (Å²) in [6, 6.07) is 8.18. The van der Waals surface area contributed by atoms with Gasteiger partial charge in [0.15, 0.2) is 0 Å². The molecule has 94 valence electrons. The van der Waals surface area contributed by atoms with Gasteiger partial charge >= 0.3 is 0 Å². The monoisotopic (exact) mass is 233 g/mol. The Bertz CT molecular complexity index is 367. The SMILES string of the molecule is C/C=C\CC.NCC1(CO)Cc2ccccc21. The molecular formula is C15H23NO. The summed E-state index contributed by atoms with van der Waals surface area (Å²) in [5, 5.41) is 9.20. The van der Waals surface area contributed by atoms with Crippen molar-refractivity contribution in [1.29, 1.82) is 0 Å². The summed E-state index contributed by atoms with van der Waals surface area (Å²) in [4.78, 5) is 0. The predicted octanol–water partition coefficient (Wildman–Crippen LogP) is 2.40. The van der Waals surface area contributed by atoms with Gasteiger partial charge in [-0.1, -0.05) is 43.3 Å². The summed E-state index contributed by atoms with van der Waals surface area (Å²) in [7, 11) is 0. The van der Waals surface area contributed by atoms with Crippen LogP contribution in [0.4, 0.5) is 0 Å². The second-order valence-electron chi connectivity index (χ2n) is 4.45. The lowest BCUT2D eigenvalue weighted by Crippen LogP contribution is -2.48. The lowest BCUT2D eigenvalue weighted by atomic mass is 9.64. The highest BCUT2D eigenvalue weighted by Gasteiger charge is 2.40. The van der Waals surface area contributed by atoms with Crippen LogP contribution >= 0.6 is 0 Å². The Balaban J connectivity index is 0.000000249. The summed E-state index contributed by atoms with van der Waals surface area (Å²) >= 11 is 0. The molecule has 0 fully saturated rings. The molecule has 0 aromatic heterocycles. The molecule has 1 unspecified atom stereocenters. The van der Waals surface area contributed by atoms with Crippen molar-refractivity contribution >= 4 is 0 Å². The zero-order valence-electron chi connectivity index (χ0n) is 10.8. The van der Waals surface area contributed by atoms with Crippen LogP contribution in [0, 0.1) is 0 Å². The molecular weight excluding hydrogens is 210 g/mol. The number of allylic oxidation sites excluding steroid dienone is 2. The van der Waals surface area contributed by atoms with E-state index < -0.39 is 0 Å². The van der Waals surface area contributed by atoms with Gasteiger partial charge in [-0.3, -0.25) is 0 Å². The van der Waals surface area contributed by atoms with E-state index in [9.17, 15) is 5.11 Å². The van der Waals surface area contributed by atoms with Crippen molar-refractivity contribution in [3.63, 3.8) is 0 Å². The van der Waals surface area contributed by atoms with Crippen LogP contribution in [0.5, 0.6) is 0 Å². The number of aliphatic hydroxyl groups is 1. The lowest BCUT2D eigenvalue weighted by Gasteiger charge is -2.41. The highest BCUT2D eigenvalue weighted by atomic mass is 16.3. The van der Waals surface area contributed by atoms with Crippen LogP contribution in [0.25, 0.3) is 0 Å². The minimum atomic E-state index is -0.128. The Morgan fingerprint density at radius 2 is 2.12 bits per heavy atom. The quantitative estimate of drug-likeness (QED) is 0.788. The smallest absolute Gasteiger partial charge is 0.0543 e. The molecule has 0 heterocycles. The Kier molecular flexibility index (Phi) is 5.39. The van der Waals surface area contributed by atoms with Gasteiger partial charge in [0.05, 0.1) is 6.61 Å². The molecule has 1 aliphatic carbocycles. The van der Waals surface area contributed by atoms with Crippen LogP contribution in [-0.4, -0.2) is 18.3 Å². The first-order valence-corrected chi connectivity index (χ1v) is 6.24. The molecule has 0 radical (unpaired) electrons. The minimum absolute atomic E-state index is 0.128. The highest BCUT2D eigenvalue weighted by Crippen LogP contribution is 2.39. The maximum absolute atomic E-state index is 9.20. The highest BCUT2D eigenvalue weighted by molar-refractivity contribution is 5.45. The van der Waals surface area contributed by atoms with Crippen LogP contribution in [0.2, 0.25) is 0 Å². The fourth-order valence-corrected chi connectivity index (χ4v) is 2.17. The van der Waals surface area contributed by atoms with Crippen LogP contribution in [0.15, 0.2) is 36.4 Å². The van der Waals surface area contributed by atoms with Crippen molar-refractivity contribution in [1.82, 2.24) is 0 Å². The van der Waals surface area contributed by atoms with Crippen molar-refractivity contribution in [2.45, 2.75) is 32.1 Å². The zero-order valence-corrected chi connectivity index (χ0v) is 10.8. The maximum Gasteiger partial charge on any atom is 0.0543 e. The van der Waals surface area contributed by atoms with Gasteiger partial charge in [-0.05, 0) is 30.9 Å². The van der Waals surface area contributed by atoms with Gasteiger partial charge in [0, 0.05) is 12.0 Å². The molecule has 3 N–H and O–H groups in total. The number of aliphatic hydroxyl groups excluding tert-OH is 1.